The molecule has 0 fully saturated rings. The van der Waals surface area contributed by atoms with Gasteiger partial charge in [-0.1, -0.05) is 319 Å². The van der Waals surface area contributed by atoms with Crippen LogP contribution in [0.4, 0.5) is 0 Å². The molecule has 0 heterocycles. The number of rotatable bonds is 71. The molecule has 0 aromatic rings. The lowest BCUT2D eigenvalue weighted by atomic mass is 10.00. The van der Waals surface area contributed by atoms with Crippen LogP contribution in [0.15, 0.2) is 0 Å². The number of unbranched alkanes of at least 4 members (excludes halogenated alkanes) is 35. The van der Waals surface area contributed by atoms with E-state index < -0.39 is 97.5 Å². The van der Waals surface area contributed by atoms with Gasteiger partial charge < -0.3 is 33.8 Å². The number of carbonyl (C=O) groups is 4. The molecule has 0 aromatic carbocycles. The predicted octanol–water partition coefficient (Wildman–Crippen LogP) is 21.3. The van der Waals surface area contributed by atoms with Crippen LogP contribution in [0, 0.1) is 23.7 Å². The number of aliphatic hydroxyl groups is 1. The first-order valence-corrected chi connectivity index (χ1v) is 41.3. The second-order valence-corrected chi connectivity index (χ2v) is 31.0. The lowest BCUT2D eigenvalue weighted by Crippen LogP contribution is -2.30. The monoisotopic (exact) mass is 1370 g/mol. The fourth-order valence-corrected chi connectivity index (χ4v) is 12.7. The summed E-state index contributed by atoms with van der Waals surface area (Å²) in [6.07, 6.45) is 47.3. The van der Waals surface area contributed by atoms with Gasteiger partial charge in [-0.25, -0.2) is 9.13 Å². The molecule has 0 radical (unpaired) electrons. The summed E-state index contributed by atoms with van der Waals surface area (Å²) in [4.78, 5) is 72.7. The third-order valence-electron chi connectivity index (χ3n) is 17.8. The molecule has 3 N–H and O–H groups in total. The summed E-state index contributed by atoms with van der Waals surface area (Å²) in [7, 11) is -9.91. The zero-order valence-electron chi connectivity index (χ0n) is 60.9. The maximum Gasteiger partial charge on any atom is 0.472 e. The largest absolute Gasteiger partial charge is 0.472 e. The number of hydrogen-bond acceptors (Lipinski definition) is 15. The molecule has 0 amide bonds. The molecular weight excluding hydrogens is 1220 g/mol. The van der Waals surface area contributed by atoms with Crippen LogP contribution in [0.5, 0.6) is 0 Å². The van der Waals surface area contributed by atoms with Crippen molar-refractivity contribution in [1.29, 1.82) is 0 Å². The van der Waals surface area contributed by atoms with Crippen molar-refractivity contribution in [3.8, 4) is 0 Å². The Hall–Kier alpha value is -1.94. The van der Waals surface area contributed by atoms with Crippen molar-refractivity contribution in [3.63, 3.8) is 0 Å². The van der Waals surface area contributed by atoms with E-state index in [-0.39, 0.29) is 25.7 Å². The van der Waals surface area contributed by atoms with Crippen LogP contribution in [-0.2, 0) is 65.4 Å². The third-order valence-corrected chi connectivity index (χ3v) is 19.7. The van der Waals surface area contributed by atoms with E-state index in [4.69, 9.17) is 37.0 Å². The Bertz CT molecular complexity index is 1840. The van der Waals surface area contributed by atoms with Gasteiger partial charge in [-0.05, 0) is 49.4 Å². The maximum atomic E-state index is 13.0. The lowest BCUT2D eigenvalue weighted by Gasteiger charge is -2.21. The average Bonchev–Trinajstić information content (AvgIpc) is 2.56. The fraction of sp³-hybridized carbons (Fsp3) is 0.946. The molecule has 0 saturated carbocycles. The molecule has 17 nitrogen and oxygen atoms in total. The highest BCUT2D eigenvalue weighted by Gasteiger charge is 2.30. The van der Waals surface area contributed by atoms with E-state index in [1.807, 2.05) is 0 Å². The van der Waals surface area contributed by atoms with Gasteiger partial charge in [-0.15, -0.1) is 0 Å². The molecule has 93 heavy (non-hydrogen) atoms. The summed E-state index contributed by atoms with van der Waals surface area (Å²) in [5.41, 5.74) is 0. The van der Waals surface area contributed by atoms with Crippen molar-refractivity contribution in [2.45, 2.75) is 388 Å². The van der Waals surface area contributed by atoms with Gasteiger partial charge >= 0.3 is 39.5 Å². The zero-order chi connectivity index (χ0) is 68.9. The van der Waals surface area contributed by atoms with Crippen LogP contribution >= 0.6 is 15.6 Å². The minimum Gasteiger partial charge on any atom is -0.462 e. The van der Waals surface area contributed by atoms with Gasteiger partial charge in [0, 0.05) is 25.7 Å². The van der Waals surface area contributed by atoms with Gasteiger partial charge in [-0.3, -0.25) is 37.3 Å². The minimum atomic E-state index is -4.96. The van der Waals surface area contributed by atoms with Crippen molar-refractivity contribution in [3.05, 3.63) is 0 Å². The standard InChI is InChI=1S/C74H144O17P2/c1-9-66(7)52-44-36-30-32-38-46-54-71(76)84-60-69(90-73(78)56-48-40-28-24-20-16-14-12-11-13-15-18-22-26-34-42-50-64(3)4)62-88-92(80,81)86-58-68(75)59-87-93(82,83)89-63-70(61-85-72(77)55-47-39-33-31-37-45-53-67(8)10-2)91-74(79)57-49-41-29-25-21-17-19-23-27-35-43-51-65(5)6/h64-70,75H,9-63H2,1-8H3,(H,80,81)(H,82,83)/t66?,67?,68-,69-,70-/m1/s1. The third kappa shape index (κ3) is 65.8. The molecule has 552 valence electrons. The summed E-state index contributed by atoms with van der Waals surface area (Å²) in [5, 5.41) is 10.6. The Morgan fingerprint density at radius 3 is 0.763 bits per heavy atom. The highest BCUT2D eigenvalue weighted by Crippen LogP contribution is 2.45. The first-order valence-electron chi connectivity index (χ1n) is 38.3. The molecule has 0 aromatic heterocycles. The molecule has 0 bridgehead atoms. The Labute approximate surface area is 568 Å². The highest BCUT2D eigenvalue weighted by atomic mass is 31.2. The molecule has 7 atom stereocenters. The van der Waals surface area contributed by atoms with E-state index in [1.165, 1.54) is 161 Å². The van der Waals surface area contributed by atoms with Crippen molar-refractivity contribution < 1.29 is 80.2 Å². The average molecular weight is 1370 g/mol. The number of phosphoric ester groups is 2. The predicted molar refractivity (Wildman–Crippen MR) is 377 cm³/mol. The number of phosphoric acid groups is 2. The second-order valence-electron chi connectivity index (χ2n) is 28.1. The quantitative estimate of drug-likeness (QED) is 0.0222. The van der Waals surface area contributed by atoms with E-state index in [2.05, 4.69) is 55.4 Å². The summed E-state index contributed by atoms with van der Waals surface area (Å²) >= 11 is 0. The van der Waals surface area contributed by atoms with Crippen LogP contribution in [-0.4, -0.2) is 96.7 Å². The van der Waals surface area contributed by atoms with Crippen molar-refractivity contribution >= 4 is 39.5 Å². The molecule has 0 spiro atoms. The SMILES string of the molecule is CCC(C)CCCCCCCCC(=O)OC[C@H](COP(=O)(O)OC[C@@H](O)COP(=O)(O)OC[C@@H](COC(=O)CCCCCCCCC(C)CC)OC(=O)CCCCCCCCCCCCCC(C)C)OC(=O)CCCCCCCCCCCCCCCCCCC(C)C. The molecule has 19 heteroatoms. The van der Waals surface area contributed by atoms with Gasteiger partial charge in [0.05, 0.1) is 26.4 Å². The van der Waals surface area contributed by atoms with Crippen molar-refractivity contribution in [1.82, 2.24) is 0 Å². The normalized spacial score (nSPS) is 14.8. The van der Waals surface area contributed by atoms with Gasteiger partial charge in [-0.2, -0.15) is 0 Å². The fourth-order valence-electron chi connectivity index (χ4n) is 11.1. The molecule has 0 saturated heterocycles. The number of hydrogen-bond donors (Lipinski definition) is 3. The topological polar surface area (TPSA) is 237 Å². The Balaban J connectivity index is 5.22. The Morgan fingerprint density at radius 1 is 0.301 bits per heavy atom. The van der Waals surface area contributed by atoms with E-state index >= 15 is 0 Å². The molecule has 0 rings (SSSR count). The molecule has 4 unspecified atom stereocenters. The highest BCUT2D eigenvalue weighted by molar-refractivity contribution is 7.47. The summed E-state index contributed by atoms with van der Waals surface area (Å²) in [6.45, 7) is 14.1. The van der Waals surface area contributed by atoms with E-state index in [0.717, 1.165) is 126 Å². The Kier molecular flexibility index (Phi) is 62.2. The Morgan fingerprint density at radius 2 is 0.516 bits per heavy atom. The van der Waals surface area contributed by atoms with Gasteiger partial charge in [0.15, 0.2) is 12.2 Å². The molecular formula is C74H144O17P2. The number of aliphatic hydroxyl groups excluding tert-OH is 1. The van der Waals surface area contributed by atoms with Gasteiger partial charge in [0.1, 0.15) is 19.3 Å². The maximum absolute atomic E-state index is 13.0. The van der Waals surface area contributed by atoms with Crippen LogP contribution in [0.3, 0.4) is 0 Å². The molecule has 0 aliphatic rings. The van der Waals surface area contributed by atoms with Gasteiger partial charge in [0.25, 0.3) is 0 Å². The van der Waals surface area contributed by atoms with Crippen LogP contribution in [0.1, 0.15) is 370 Å². The van der Waals surface area contributed by atoms with Crippen molar-refractivity contribution in [2.24, 2.45) is 23.7 Å². The van der Waals surface area contributed by atoms with E-state index in [0.29, 0.717) is 25.7 Å². The van der Waals surface area contributed by atoms with Crippen molar-refractivity contribution in [2.75, 3.05) is 39.6 Å². The summed E-state index contributed by atoms with van der Waals surface area (Å²) in [6, 6.07) is 0. The van der Waals surface area contributed by atoms with E-state index in [9.17, 15) is 43.2 Å². The first-order chi connectivity index (χ1) is 44.7. The second kappa shape index (κ2) is 63.5. The van der Waals surface area contributed by atoms with E-state index in [1.54, 1.807) is 0 Å². The van der Waals surface area contributed by atoms with Crippen LogP contribution in [0.25, 0.3) is 0 Å². The number of esters is 4. The van der Waals surface area contributed by atoms with Crippen LogP contribution in [0.2, 0.25) is 0 Å². The molecule has 0 aliphatic carbocycles. The summed E-state index contributed by atoms with van der Waals surface area (Å²) < 4.78 is 68.4. The lowest BCUT2D eigenvalue weighted by molar-refractivity contribution is -0.161. The molecule has 0 aliphatic heterocycles. The van der Waals surface area contributed by atoms with Gasteiger partial charge in [0.2, 0.25) is 0 Å². The minimum absolute atomic E-state index is 0.105. The number of carbonyl (C=O) groups excluding carboxylic acids is 4. The first kappa shape index (κ1) is 91.1. The number of ether oxygens (including phenoxy) is 4. The van der Waals surface area contributed by atoms with Crippen LogP contribution < -0.4 is 0 Å². The summed E-state index contributed by atoms with van der Waals surface area (Å²) in [5.74, 6) is 0.910. The smallest absolute Gasteiger partial charge is 0.462 e. The zero-order valence-corrected chi connectivity index (χ0v) is 62.7.